The second-order valence-electron chi connectivity index (χ2n) is 8.17. The summed E-state index contributed by atoms with van der Waals surface area (Å²) >= 11 is 0. The number of carbonyl (C=O) groups excluding carboxylic acids is 2. The minimum Gasteiger partial charge on any atom is -0.464 e. The number of fused-ring (bicyclic) bond motifs is 1. The summed E-state index contributed by atoms with van der Waals surface area (Å²) in [5, 5.41) is 0.960. The first-order valence-corrected chi connectivity index (χ1v) is 10.1. The van der Waals surface area contributed by atoms with E-state index in [1.807, 2.05) is 34.1 Å². The van der Waals surface area contributed by atoms with Gasteiger partial charge >= 0.3 is 0 Å². The van der Waals surface area contributed by atoms with Crippen molar-refractivity contribution in [2.75, 3.05) is 26.2 Å². The van der Waals surface area contributed by atoms with Crippen LogP contribution in [0.2, 0.25) is 0 Å². The SMILES string of the molecule is CCCCN1C[C@]2(CCCN(C(=O)c3ccc4occc4c3)C2)CCC1=O. The largest absolute Gasteiger partial charge is 0.464 e. The van der Waals surface area contributed by atoms with Crippen LogP contribution in [0, 0.1) is 5.41 Å². The van der Waals surface area contributed by atoms with Gasteiger partial charge < -0.3 is 14.2 Å². The maximum atomic E-state index is 13.1. The minimum absolute atomic E-state index is 0.0648. The summed E-state index contributed by atoms with van der Waals surface area (Å²) in [6, 6.07) is 7.53. The van der Waals surface area contributed by atoms with Crippen LogP contribution in [0.1, 0.15) is 55.8 Å². The van der Waals surface area contributed by atoms with Gasteiger partial charge in [0.05, 0.1) is 6.26 Å². The number of unbranched alkanes of at least 4 members (excludes halogenated alkanes) is 1. The predicted octanol–water partition coefficient (Wildman–Crippen LogP) is 4.08. The molecule has 2 fully saturated rings. The van der Waals surface area contributed by atoms with E-state index >= 15 is 0 Å². The molecule has 0 N–H and O–H groups in total. The van der Waals surface area contributed by atoms with Crippen molar-refractivity contribution in [3.63, 3.8) is 0 Å². The molecule has 0 bridgehead atoms. The van der Waals surface area contributed by atoms with Gasteiger partial charge in [0.25, 0.3) is 5.91 Å². The highest BCUT2D eigenvalue weighted by Gasteiger charge is 2.42. The lowest BCUT2D eigenvalue weighted by Crippen LogP contribution is -2.55. The molecule has 0 aliphatic carbocycles. The van der Waals surface area contributed by atoms with Gasteiger partial charge in [-0.05, 0) is 49.9 Å². The Hall–Kier alpha value is -2.30. The monoisotopic (exact) mass is 368 g/mol. The Balaban J connectivity index is 1.49. The molecule has 2 saturated heterocycles. The topological polar surface area (TPSA) is 53.8 Å². The third kappa shape index (κ3) is 3.60. The lowest BCUT2D eigenvalue weighted by molar-refractivity contribution is -0.139. The molecule has 3 heterocycles. The average Bonchev–Trinajstić information content (AvgIpc) is 3.16. The Morgan fingerprint density at radius 1 is 1.22 bits per heavy atom. The Morgan fingerprint density at radius 3 is 2.96 bits per heavy atom. The second-order valence-corrected chi connectivity index (χ2v) is 8.17. The Morgan fingerprint density at radius 2 is 2.11 bits per heavy atom. The molecule has 1 aromatic heterocycles. The van der Waals surface area contributed by atoms with Gasteiger partial charge in [-0.15, -0.1) is 0 Å². The van der Waals surface area contributed by atoms with Gasteiger partial charge in [0.15, 0.2) is 0 Å². The van der Waals surface area contributed by atoms with E-state index in [1.54, 1.807) is 6.26 Å². The summed E-state index contributed by atoms with van der Waals surface area (Å²) in [5.41, 5.74) is 1.59. The Labute approximate surface area is 160 Å². The number of amides is 2. The van der Waals surface area contributed by atoms with Crippen LogP contribution in [-0.4, -0.2) is 47.8 Å². The first-order chi connectivity index (χ1) is 13.1. The van der Waals surface area contributed by atoms with Gasteiger partial charge in [-0.1, -0.05) is 13.3 Å². The van der Waals surface area contributed by atoms with Crippen molar-refractivity contribution in [1.82, 2.24) is 9.80 Å². The third-order valence-electron chi connectivity index (χ3n) is 6.18. The van der Waals surface area contributed by atoms with Crippen LogP contribution in [0.15, 0.2) is 34.9 Å². The zero-order valence-corrected chi connectivity index (χ0v) is 16.1. The smallest absolute Gasteiger partial charge is 0.253 e. The molecule has 2 amide bonds. The molecule has 2 aromatic rings. The van der Waals surface area contributed by atoms with Crippen molar-refractivity contribution in [2.24, 2.45) is 5.41 Å². The zero-order valence-electron chi connectivity index (χ0n) is 16.1. The van der Waals surface area contributed by atoms with Crippen LogP contribution >= 0.6 is 0 Å². The molecule has 5 heteroatoms. The number of benzene rings is 1. The van der Waals surface area contributed by atoms with E-state index in [0.29, 0.717) is 6.42 Å². The van der Waals surface area contributed by atoms with E-state index in [1.165, 1.54) is 0 Å². The van der Waals surface area contributed by atoms with Crippen LogP contribution < -0.4 is 0 Å². The first kappa shape index (κ1) is 18.1. The number of hydrogen-bond donors (Lipinski definition) is 0. The van der Waals surface area contributed by atoms with Crippen molar-refractivity contribution in [3.8, 4) is 0 Å². The van der Waals surface area contributed by atoms with E-state index in [2.05, 4.69) is 6.92 Å². The van der Waals surface area contributed by atoms with E-state index in [-0.39, 0.29) is 17.2 Å². The lowest BCUT2D eigenvalue weighted by Gasteiger charge is -2.48. The first-order valence-electron chi connectivity index (χ1n) is 10.1. The average molecular weight is 368 g/mol. The molecule has 0 saturated carbocycles. The van der Waals surface area contributed by atoms with Gasteiger partial charge in [0, 0.05) is 49.0 Å². The van der Waals surface area contributed by atoms with E-state index in [9.17, 15) is 9.59 Å². The summed E-state index contributed by atoms with van der Waals surface area (Å²) < 4.78 is 5.38. The number of carbonyl (C=O) groups is 2. The molecular weight excluding hydrogens is 340 g/mol. The van der Waals surface area contributed by atoms with E-state index in [0.717, 1.165) is 74.8 Å². The normalized spacial score (nSPS) is 23.4. The number of nitrogens with zero attached hydrogens (tertiary/aromatic N) is 2. The summed E-state index contributed by atoms with van der Waals surface area (Å²) in [7, 11) is 0. The fourth-order valence-corrected chi connectivity index (χ4v) is 4.65. The highest BCUT2D eigenvalue weighted by molar-refractivity contribution is 5.97. The fourth-order valence-electron chi connectivity index (χ4n) is 4.65. The molecule has 2 aliphatic rings. The number of piperidine rings is 2. The molecule has 2 aliphatic heterocycles. The maximum Gasteiger partial charge on any atom is 0.253 e. The summed E-state index contributed by atoms with van der Waals surface area (Å²) in [6.07, 6.45) is 7.43. The summed E-state index contributed by atoms with van der Waals surface area (Å²) in [4.78, 5) is 29.5. The van der Waals surface area contributed by atoms with E-state index in [4.69, 9.17) is 4.42 Å². The molecule has 5 nitrogen and oxygen atoms in total. The standard InChI is InChI=1S/C22H28N2O3/c1-2-3-11-23-15-22(10-7-20(23)25)9-4-12-24(16-22)21(26)18-5-6-19-17(14-18)8-13-27-19/h5-6,8,13-14H,2-4,7,9-12,15-16H2,1H3/t22-/m0/s1. The van der Waals surface area contributed by atoms with Gasteiger partial charge in [0.1, 0.15) is 5.58 Å². The van der Waals surface area contributed by atoms with Crippen LogP contribution in [0.3, 0.4) is 0 Å². The lowest BCUT2D eigenvalue weighted by atomic mass is 9.73. The van der Waals surface area contributed by atoms with Crippen molar-refractivity contribution in [1.29, 1.82) is 0 Å². The molecule has 0 radical (unpaired) electrons. The minimum atomic E-state index is 0.0648. The van der Waals surface area contributed by atoms with E-state index < -0.39 is 0 Å². The molecule has 1 spiro atoms. The van der Waals surface area contributed by atoms with Crippen LogP contribution in [-0.2, 0) is 4.79 Å². The molecular formula is C22H28N2O3. The van der Waals surface area contributed by atoms with Crippen LogP contribution in [0.4, 0.5) is 0 Å². The van der Waals surface area contributed by atoms with Crippen LogP contribution in [0.5, 0.6) is 0 Å². The molecule has 27 heavy (non-hydrogen) atoms. The van der Waals surface area contributed by atoms with Crippen LogP contribution in [0.25, 0.3) is 11.0 Å². The number of rotatable bonds is 4. The highest BCUT2D eigenvalue weighted by Crippen LogP contribution is 2.39. The fraction of sp³-hybridized carbons (Fsp3) is 0.545. The second kappa shape index (κ2) is 7.37. The maximum absolute atomic E-state index is 13.1. The summed E-state index contributed by atoms with van der Waals surface area (Å²) in [5.74, 6) is 0.372. The van der Waals surface area contributed by atoms with Gasteiger partial charge in [-0.3, -0.25) is 9.59 Å². The Kier molecular flexibility index (Phi) is 4.94. The predicted molar refractivity (Wildman–Crippen MR) is 105 cm³/mol. The number of hydrogen-bond acceptors (Lipinski definition) is 3. The molecule has 1 aromatic carbocycles. The van der Waals surface area contributed by atoms with Crippen molar-refractivity contribution < 1.29 is 14.0 Å². The highest BCUT2D eigenvalue weighted by atomic mass is 16.3. The third-order valence-corrected chi connectivity index (χ3v) is 6.18. The quantitative estimate of drug-likeness (QED) is 0.817. The van der Waals surface area contributed by atoms with Gasteiger partial charge in [0.2, 0.25) is 5.91 Å². The van der Waals surface area contributed by atoms with Crippen molar-refractivity contribution in [3.05, 3.63) is 36.1 Å². The molecule has 4 rings (SSSR count). The molecule has 144 valence electrons. The molecule has 0 unspecified atom stereocenters. The number of furan rings is 1. The van der Waals surface area contributed by atoms with Gasteiger partial charge in [-0.25, -0.2) is 0 Å². The van der Waals surface area contributed by atoms with Gasteiger partial charge in [-0.2, -0.15) is 0 Å². The van der Waals surface area contributed by atoms with Crippen molar-refractivity contribution in [2.45, 2.75) is 45.4 Å². The molecule has 1 atom stereocenters. The Bertz CT molecular complexity index is 843. The summed E-state index contributed by atoms with van der Waals surface area (Å²) in [6.45, 7) is 5.36. The zero-order chi connectivity index (χ0) is 18.9. The van der Waals surface area contributed by atoms with Crippen molar-refractivity contribution >= 4 is 22.8 Å². The number of likely N-dealkylation sites (tertiary alicyclic amines) is 2.